The van der Waals surface area contributed by atoms with Crippen LogP contribution in [0, 0.1) is 0 Å². The zero-order chi connectivity index (χ0) is 31.0. The molecule has 0 saturated carbocycles. The maximum absolute atomic E-state index is 13.1. The van der Waals surface area contributed by atoms with Crippen molar-refractivity contribution in [3.63, 3.8) is 0 Å². The minimum Gasteiger partial charge on any atom is -0.444 e. The first-order chi connectivity index (χ1) is 19.3. The van der Waals surface area contributed by atoms with E-state index in [9.17, 15) is 14.5 Å². The minimum absolute atomic E-state index is 0.0552. The highest BCUT2D eigenvalue weighted by Gasteiger charge is 2.33. The quantitative estimate of drug-likeness (QED) is 0.0722. The number of amides is 1. The van der Waals surface area contributed by atoms with Gasteiger partial charge >= 0.3 is 13.9 Å². The molecular formula is C30H62NO8PS. The van der Waals surface area contributed by atoms with Crippen LogP contribution >= 0.6 is 19.6 Å². The van der Waals surface area contributed by atoms with Gasteiger partial charge in [0.1, 0.15) is 11.7 Å². The first-order valence-electron chi connectivity index (χ1n) is 15.7. The van der Waals surface area contributed by atoms with Crippen molar-refractivity contribution < 1.29 is 37.5 Å². The summed E-state index contributed by atoms with van der Waals surface area (Å²) in [4.78, 5) is 11.8. The van der Waals surface area contributed by atoms with Crippen LogP contribution in [0.2, 0.25) is 0 Å². The number of hydrogen-bond donors (Lipinski definition) is 2. The lowest BCUT2D eigenvalue weighted by Crippen LogP contribution is -2.34. The molecule has 0 rings (SSSR count). The lowest BCUT2D eigenvalue weighted by Gasteiger charge is -2.27. The fourth-order valence-corrected chi connectivity index (χ4v) is 6.24. The Bertz CT molecular complexity index is 684. The molecule has 0 aliphatic rings. The molecule has 2 N–H and O–H groups in total. The number of carbonyl (C=O) groups excluding carboxylic acids is 1. The van der Waals surface area contributed by atoms with E-state index in [0.29, 0.717) is 6.61 Å². The summed E-state index contributed by atoms with van der Waals surface area (Å²) in [6.45, 7) is 13.0. The minimum atomic E-state index is -3.98. The number of carbonyl (C=O) groups is 1. The molecule has 0 aliphatic heterocycles. The predicted octanol–water partition coefficient (Wildman–Crippen LogP) is 8.28. The van der Waals surface area contributed by atoms with Gasteiger partial charge < -0.3 is 19.9 Å². The van der Waals surface area contributed by atoms with Gasteiger partial charge in [-0.25, -0.2) is 9.36 Å². The Labute approximate surface area is 255 Å². The van der Waals surface area contributed by atoms with Crippen LogP contribution in [-0.4, -0.2) is 73.0 Å². The lowest BCUT2D eigenvalue weighted by molar-refractivity contribution is -0.0124. The Hall–Kier alpha value is -0.350. The van der Waals surface area contributed by atoms with Crippen molar-refractivity contribution in [2.75, 3.05) is 44.5 Å². The Balaban J connectivity index is 3.91. The molecule has 41 heavy (non-hydrogen) atoms. The molecule has 0 saturated heterocycles. The monoisotopic (exact) mass is 627 g/mol. The van der Waals surface area contributed by atoms with Gasteiger partial charge in [-0.1, -0.05) is 64.7 Å². The van der Waals surface area contributed by atoms with Crippen LogP contribution in [-0.2, 0) is 27.6 Å². The van der Waals surface area contributed by atoms with Gasteiger partial charge in [-0.15, -0.1) is 0 Å². The van der Waals surface area contributed by atoms with Gasteiger partial charge in [0, 0.05) is 13.2 Å². The Kier molecular flexibility index (Phi) is 23.8. The molecule has 11 heteroatoms. The molecule has 0 fully saturated rings. The Morgan fingerprint density at radius 3 is 1.90 bits per heavy atom. The van der Waals surface area contributed by atoms with Crippen LogP contribution in [0.3, 0.4) is 0 Å². The van der Waals surface area contributed by atoms with Crippen molar-refractivity contribution in [3.8, 4) is 0 Å². The molecule has 0 spiro atoms. The van der Waals surface area contributed by atoms with Gasteiger partial charge in [0.2, 0.25) is 0 Å². The number of rotatable bonds is 26. The zero-order valence-electron chi connectivity index (χ0n) is 27.2. The van der Waals surface area contributed by atoms with Crippen LogP contribution in [0.25, 0.3) is 0 Å². The third-order valence-electron chi connectivity index (χ3n) is 5.61. The van der Waals surface area contributed by atoms with Gasteiger partial charge in [0.15, 0.2) is 0 Å². The number of alkyl carbamates (subject to hydrolysis) is 1. The molecule has 2 atom stereocenters. The van der Waals surface area contributed by atoms with Crippen molar-refractivity contribution in [1.29, 1.82) is 0 Å². The van der Waals surface area contributed by atoms with E-state index in [2.05, 4.69) is 24.0 Å². The molecule has 0 bridgehead atoms. The molecule has 0 radical (unpaired) electrons. The molecular weight excluding hydrogens is 565 g/mol. The predicted molar refractivity (Wildman–Crippen MR) is 170 cm³/mol. The molecule has 0 aliphatic carbocycles. The van der Waals surface area contributed by atoms with Crippen molar-refractivity contribution in [3.05, 3.63) is 0 Å². The van der Waals surface area contributed by atoms with E-state index < -0.39 is 31.2 Å². The number of hydrogen-bond acceptors (Lipinski definition) is 9. The third-order valence-corrected chi connectivity index (χ3v) is 8.50. The normalized spacial score (nSPS) is 14.5. The maximum Gasteiger partial charge on any atom is 0.475 e. The fraction of sp³-hybridized carbons (Fsp3) is 0.967. The number of ether oxygens (including phenoxy) is 2. The zero-order valence-corrected chi connectivity index (χ0v) is 28.9. The first kappa shape index (κ1) is 40.6. The average molecular weight is 628 g/mol. The van der Waals surface area contributed by atoms with E-state index >= 15 is 0 Å². The fourth-order valence-electron chi connectivity index (χ4n) is 3.70. The molecule has 0 aromatic rings. The number of thioether (sulfide) groups is 1. The summed E-state index contributed by atoms with van der Waals surface area (Å²) in [6, 6.07) is 0. The summed E-state index contributed by atoms with van der Waals surface area (Å²) in [6.07, 6.45) is 13.8. The van der Waals surface area contributed by atoms with Gasteiger partial charge in [-0.2, -0.15) is 11.8 Å². The van der Waals surface area contributed by atoms with E-state index in [-0.39, 0.29) is 26.4 Å². The molecule has 9 nitrogen and oxygen atoms in total. The smallest absolute Gasteiger partial charge is 0.444 e. The highest BCUT2D eigenvalue weighted by Crippen LogP contribution is 2.52. The second-order valence-corrected chi connectivity index (χ2v) is 15.3. The number of phosphoric ester groups is 1. The molecule has 1 amide bonds. The summed E-state index contributed by atoms with van der Waals surface area (Å²) in [7, 11) is -3.98. The summed E-state index contributed by atoms with van der Waals surface area (Å²) in [5, 5.41) is 12.8. The summed E-state index contributed by atoms with van der Waals surface area (Å²) >= 11 is 2.10. The summed E-state index contributed by atoms with van der Waals surface area (Å²) < 4.78 is 40.1. The van der Waals surface area contributed by atoms with Crippen molar-refractivity contribution in [2.45, 2.75) is 143 Å². The van der Waals surface area contributed by atoms with Crippen molar-refractivity contribution in [1.82, 2.24) is 5.32 Å². The largest absolute Gasteiger partial charge is 0.475 e. The van der Waals surface area contributed by atoms with Crippen LogP contribution in [0.5, 0.6) is 0 Å². The van der Waals surface area contributed by atoms with Crippen LogP contribution < -0.4 is 5.32 Å². The summed E-state index contributed by atoms with van der Waals surface area (Å²) in [5.41, 5.74) is -1.43. The molecule has 0 aromatic carbocycles. The topological polar surface area (TPSA) is 113 Å². The summed E-state index contributed by atoms with van der Waals surface area (Å²) in [5.74, 6) is 2.58. The van der Waals surface area contributed by atoms with Gasteiger partial charge in [0.05, 0.1) is 25.4 Å². The van der Waals surface area contributed by atoms with E-state index in [4.69, 9.17) is 23.0 Å². The van der Waals surface area contributed by atoms with E-state index in [1.54, 1.807) is 41.5 Å². The van der Waals surface area contributed by atoms with Crippen LogP contribution in [0.4, 0.5) is 4.79 Å². The highest BCUT2D eigenvalue weighted by atomic mass is 32.2. The first-order valence-corrected chi connectivity index (χ1v) is 18.3. The van der Waals surface area contributed by atoms with Crippen LogP contribution in [0.1, 0.15) is 126 Å². The number of unbranched alkanes of at least 4 members (excludes halogenated alkanes) is 10. The van der Waals surface area contributed by atoms with Crippen LogP contribution in [0.15, 0.2) is 0 Å². The lowest BCUT2D eigenvalue weighted by atomic mass is 10.1. The SMILES string of the molecule is CCCCCCCCSCCCCCCCCOC[C@H](O)COP(=O)(OCCNC(=O)OC(C)(C)C)OC(C)(C)C. The molecule has 0 aromatic heterocycles. The Morgan fingerprint density at radius 2 is 1.34 bits per heavy atom. The van der Waals surface area contributed by atoms with E-state index in [1.165, 1.54) is 75.7 Å². The number of aliphatic hydroxyl groups is 1. The van der Waals surface area contributed by atoms with Gasteiger partial charge in [-0.3, -0.25) is 13.6 Å². The number of nitrogens with one attached hydrogen (secondary N) is 1. The molecule has 246 valence electrons. The molecule has 1 unspecified atom stereocenters. The van der Waals surface area contributed by atoms with Crippen molar-refractivity contribution >= 4 is 25.7 Å². The Morgan fingerprint density at radius 1 is 0.780 bits per heavy atom. The van der Waals surface area contributed by atoms with Gasteiger partial charge in [0.25, 0.3) is 0 Å². The highest BCUT2D eigenvalue weighted by molar-refractivity contribution is 7.99. The van der Waals surface area contributed by atoms with E-state index in [0.717, 1.165) is 12.8 Å². The number of aliphatic hydroxyl groups excluding tert-OH is 1. The third kappa shape index (κ3) is 29.5. The maximum atomic E-state index is 13.1. The average Bonchev–Trinajstić information content (AvgIpc) is 2.85. The van der Waals surface area contributed by atoms with Crippen molar-refractivity contribution in [2.24, 2.45) is 0 Å². The van der Waals surface area contributed by atoms with Gasteiger partial charge in [-0.05, 0) is 72.3 Å². The second kappa shape index (κ2) is 24.0. The number of phosphoric acid groups is 1. The molecule has 0 heterocycles. The van der Waals surface area contributed by atoms with E-state index in [1.807, 2.05) is 0 Å². The standard InChI is InChI=1S/C30H62NO8PS/c1-8-9-10-11-15-18-23-41-24-19-16-13-12-14-17-21-35-25-27(32)26-37-40(34,39-30(5,6)7)36-22-20-31-28(33)38-29(2,3)4/h27,32H,8-26H2,1-7H3,(H,31,33)/t27-,40?/m0/s1. The second-order valence-electron chi connectivity index (χ2n) is 12.4.